The van der Waals surface area contributed by atoms with Crippen LogP contribution in [0.1, 0.15) is 40.4 Å². The Balaban J connectivity index is 1.45. The van der Waals surface area contributed by atoms with Crippen molar-refractivity contribution >= 4 is 22.6 Å². The summed E-state index contributed by atoms with van der Waals surface area (Å²) in [5, 5.41) is 0.475. The molecule has 4 aromatic rings. The van der Waals surface area contributed by atoms with E-state index in [1.165, 1.54) is 5.56 Å². The highest BCUT2D eigenvalue weighted by atomic mass is 16.2. The number of piperidine rings is 1. The topological polar surface area (TPSA) is 59.6 Å². The Bertz CT molecular complexity index is 1310. The summed E-state index contributed by atoms with van der Waals surface area (Å²) < 4.78 is 3.31. The van der Waals surface area contributed by atoms with E-state index in [1.54, 1.807) is 21.2 Å². The third-order valence-corrected chi connectivity index (χ3v) is 6.22. The van der Waals surface area contributed by atoms with Crippen molar-refractivity contribution in [1.82, 2.24) is 18.9 Å². The van der Waals surface area contributed by atoms with E-state index < -0.39 is 0 Å². The molecule has 30 heavy (non-hydrogen) atoms. The van der Waals surface area contributed by atoms with Gasteiger partial charge in [0.2, 0.25) is 0 Å². The molecule has 5 rings (SSSR count). The molecular weight excluding hydrogens is 376 g/mol. The minimum Gasteiger partial charge on any atom is -0.337 e. The predicted molar refractivity (Wildman–Crippen MR) is 117 cm³/mol. The number of fused-ring (bicyclic) bond motifs is 2. The lowest BCUT2D eigenvalue weighted by Gasteiger charge is -2.32. The molecule has 0 unspecified atom stereocenters. The molecule has 1 fully saturated rings. The molecule has 1 saturated heterocycles. The van der Waals surface area contributed by atoms with Gasteiger partial charge in [-0.3, -0.25) is 14.0 Å². The smallest absolute Gasteiger partial charge is 0.270 e. The third kappa shape index (κ3) is 3.00. The molecule has 1 amide bonds. The summed E-state index contributed by atoms with van der Waals surface area (Å²) in [7, 11) is 1.81. The van der Waals surface area contributed by atoms with E-state index in [4.69, 9.17) is 0 Å². The van der Waals surface area contributed by atoms with Crippen molar-refractivity contribution in [3.8, 4) is 0 Å². The van der Waals surface area contributed by atoms with E-state index in [0.29, 0.717) is 41.4 Å². The Morgan fingerprint density at radius 2 is 1.80 bits per heavy atom. The van der Waals surface area contributed by atoms with Gasteiger partial charge >= 0.3 is 0 Å². The summed E-state index contributed by atoms with van der Waals surface area (Å²) >= 11 is 0. The molecule has 0 radical (unpaired) electrons. The van der Waals surface area contributed by atoms with Crippen LogP contribution < -0.4 is 5.56 Å². The fourth-order valence-electron chi connectivity index (χ4n) is 4.48. The molecule has 0 aliphatic carbocycles. The average Bonchev–Trinajstić information content (AvgIpc) is 3.11. The van der Waals surface area contributed by atoms with Gasteiger partial charge in [-0.25, -0.2) is 4.98 Å². The molecule has 0 atom stereocenters. The zero-order chi connectivity index (χ0) is 20.8. The second-order valence-corrected chi connectivity index (χ2v) is 8.15. The number of nitrogens with zero attached hydrogens (tertiary/aromatic N) is 4. The Morgan fingerprint density at radius 1 is 1.07 bits per heavy atom. The number of carbonyl (C=O) groups excluding carboxylic acids is 1. The number of likely N-dealkylation sites (tertiary alicyclic amines) is 1. The Labute approximate surface area is 174 Å². The van der Waals surface area contributed by atoms with E-state index in [-0.39, 0.29) is 11.5 Å². The zero-order valence-corrected chi connectivity index (χ0v) is 17.2. The first-order valence-corrected chi connectivity index (χ1v) is 10.4. The lowest BCUT2D eigenvalue weighted by atomic mass is 9.89. The van der Waals surface area contributed by atoms with E-state index >= 15 is 0 Å². The molecule has 6 nitrogen and oxygen atoms in total. The van der Waals surface area contributed by atoms with Gasteiger partial charge in [0.25, 0.3) is 11.5 Å². The minimum atomic E-state index is -0.142. The fraction of sp³-hybridized carbons (Fsp3) is 0.292. The normalized spacial score (nSPS) is 15.2. The second-order valence-electron chi connectivity index (χ2n) is 8.15. The maximum absolute atomic E-state index is 13.3. The van der Waals surface area contributed by atoms with Crippen LogP contribution in [0.2, 0.25) is 0 Å². The van der Waals surface area contributed by atoms with Gasteiger partial charge < -0.3 is 9.47 Å². The van der Waals surface area contributed by atoms with Crippen molar-refractivity contribution in [3.63, 3.8) is 0 Å². The standard InChI is InChI=1S/C24H24N4O2/c1-16-8-9-21-25-22-19(23(29)28(21)15-16)14-20(26(22)2)24(30)27-12-10-18(11-13-27)17-6-4-3-5-7-17/h3-9,14-15,18H,10-13H2,1-2H3. The Morgan fingerprint density at radius 3 is 2.53 bits per heavy atom. The summed E-state index contributed by atoms with van der Waals surface area (Å²) in [6.07, 6.45) is 3.68. The largest absolute Gasteiger partial charge is 0.337 e. The SMILES string of the molecule is Cc1ccc2nc3c(cc(C(=O)N4CCC(c5ccccc5)CC4)n3C)c(=O)n2c1. The summed E-state index contributed by atoms with van der Waals surface area (Å²) in [5.74, 6) is 0.453. The molecule has 4 heterocycles. The molecule has 1 aliphatic rings. The van der Waals surface area contributed by atoms with Crippen molar-refractivity contribution in [2.75, 3.05) is 13.1 Å². The van der Waals surface area contributed by atoms with E-state index in [1.807, 2.05) is 37.1 Å². The quantitative estimate of drug-likeness (QED) is 0.517. The maximum Gasteiger partial charge on any atom is 0.270 e. The highest BCUT2D eigenvalue weighted by molar-refractivity contribution is 5.98. The Kier molecular flexibility index (Phi) is 4.42. The molecule has 3 aromatic heterocycles. The monoisotopic (exact) mass is 400 g/mol. The molecule has 0 N–H and O–H groups in total. The van der Waals surface area contributed by atoms with Gasteiger partial charge in [-0.05, 0) is 48.9 Å². The van der Waals surface area contributed by atoms with Gasteiger partial charge in [-0.1, -0.05) is 36.4 Å². The number of carbonyl (C=O) groups is 1. The van der Waals surface area contributed by atoms with E-state index in [0.717, 1.165) is 18.4 Å². The van der Waals surface area contributed by atoms with Crippen LogP contribution in [0, 0.1) is 6.92 Å². The molecule has 152 valence electrons. The lowest BCUT2D eigenvalue weighted by molar-refractivity contribution is 0.0703. The van der Waals surface area contributed by atoms with Crippen LogP contribution in [-0.4, -0.2) is 37.8 Å². The van der Waals surface area contributed by atoms with Gasteiger partial charge in [-0.2, -0.15) is 0 Å². The summed E-state index contributed by atoms with van der Waals surface area (Å²) in [4.78, 5) is 32.8. The Hall–Kier alpha value is -3.41. The molecule has 6 heteroatoms. The molecular formula is C24H24N4O2. The molecule has 0 saturated carbocycles. The van der Waals surface area contributed by atoms with Crippen LogP contribution in [0.5, 0.6) is 0 Å². The van der Waals surface area contributed by atoms with Gasteiger partial charge in [0.1, 0.15) is 17.0 Å². The first-order valence-electron chi connectivity index (χ1n) is 10.4. The fourth-order valence-corrected chi connectivity index (χ4v) is 4.48. The first-order chi connectivity index (χ1) is 14.5. The lowest BCUT2D eigenvalue weighted by Crippen LogP contribution is -2.38. The van der Waals surface area contributed by atoms with Crippen LogP contribution in [-0.2, 0) is 7.05 Å². The number of amides is 1. The van der Waals surface area contributed by atoms with Crippen LogP contribution >= 0.6 is 0 Å². The molecule has 1 aliphatic heterocycles. The van der Waals surface area contributed by atoms with Crippen molar-refractivity contribution in [3.05, 3.63) is 81.9 Å². The predicted octanol–water partition coefficient (Wildman–Crippen LogP) is 3.51. The third-order valence-electron chi connectivity index (χ3n) is 6.22. The zero-order valence-electron chi connectivity index (χ0n) is 17.2. The maximum atomic E-state index is 13.3. The number of hydrogen-bond acceptors (Lipinski definition) is 3. The number of aromatic nitrogens is 3. The van der Waals surface area contributed by atoms with Gasteiger partial charge in [0.05, 0.1) is 5.39 Å². The summed E-state index contributed by atoms with van der Waals surface area (Å²) in [6.45, 7) is 3.37. The number of pyridine rings is 1. The van der Waals surface area contributed by atoms with Crippen LogP contribution in [0.25, 0.3) is 16.7 Å². The van der Waals surface area contributed by atoms with Crippen LogP contribution in [0.3, 0.4) is 0 Å². The molecule has 0 spiro atoms. The van der Waals surface area contributed by atoms with Gasteiger partial charge in [0, 0.05) is 26.3 Å². The van der Waals surface area contributed by atoms with Gasteiger partial charge in [-0.15, -0.1) is 0 Å². The first kappa shape index (κ1) is 18.6. The molecule has 1 aromatic carbocycles. The number of aryl methyl sites for hydroxylation is 2. The highest BCUT2D eigenvalue weighted by Crippen LogP contribution is 2.29. The van der Waals surface area contributed by atoms with Crippen LogP contribution in [0.4, 0.5) is 0 Å². The highest BCUT2D eigenvalue weighted by Gasteiger charge is 2.27. The second kappa shape index (κ2) is 7.13. The van der Waals surface area contributed by atoms with E-state index in [2.05, 4.69) is 29.2 Å². The number of benzene rings is 1. The number of rotatable bonds is 2. The minimum absolute atomic E-state index is 0.0355. The average molecular weight is 400 g/mol. The van der Waals surface area contributed by atoms with Crippen molar-refractivity contribution in [1.29, 1.82) is 0 Å². The van der Waals surface area contributed by atoms with Crippen molar-refractivity contribution in [2.45, 2.75) is 25.7 Å². The summed E-state index contributed by atoms with van der Waals surface area (Å²) in [6, 6.07) is 16.0. The van der Waals surface area contributed by atoms with Crippen LogP contribution in [0.15, 0.2) is 59.5 Å². The van der Waals surface area contributed by atoms with Crippen molar-refractivity contribution in [2.24, 2.45) is 7.05 Å². The van der Waals surface area contributed by atoms with Crippen molar-refractivity contribution < 1.29 is 4.79 Å². The molecule has 0 bridgehead atoms. The van der Waals surface area contributed by atoms with E-state index in [9.17, 15) is 9.59 Å². The van der Waals surface area contributed by atoms with Gasteiger partial charge in [0.15, 0.2) is 0 Å². The number of hydrogen-bond donors (Lipinski definition) is 0. The summed E-state index contributed by atoms with van der Waals surface area (Å²) in [5.41, 5.74) is 3.83.